The molecule has 0 spiro atoms. The number of rotatable bonds is 3. The van der Waals surface area contributed by atoms with Gasteiger partial charge in [0.15, 0.2) is 0 Å². The Morgan fingerprint density at radius 2 is 1.95 bits per heavy atom. The van der Waals surface area contributed by atoms with Crippen molar-refractivity contribution in [2.75, 3.05) is 4.72 Å². The van der Waals surface area contributed by atoms with Gasteiger partial charge < -0.3 is 4.98 Å². The summed E-state index contributed by atoms with van der Waals surface area (Å²) in [6.07, 6.45) is 4.87. The zero-order chi connectivity index (χ0) is 14.0. The molecule has 0 radical (unpaired) electrons. The lowest BCUT2D eigenvalue weighted by atomic mass is 10.4. The monoisotopic (exact) mass is 319 g/mol. The highest BCUT2D eigenvalue weighted by Crippen LogP contribution is 2.16. The number of hydrogen-bond donors (Lipinski definition) is 2. The molecule has 0 saturated heterocycles. The highest BCUT2D eigenvalue weighted by Gasteiger charge is 2.17. The molecular weight excluding hydrogens is 313 g/mol. The van der Waals surface area contributed by atoms with E-state index in [0.29, 0.717) is 0 Å². The fourth-order valence-corrected chi connectivity index (χ4v) is 2.72. The van der Waals surface area contributed by atoms with E-state index in [2.05, 4.69) is 14.7 Å². The molecule has 2 aromatic heterocycles. The summed E-state index contributed by atoms with van der Waals surface area (Å²) in [5, 5.41) is 0.0484. The van der Waals surface area contributed by atoms with Crippen LogP contribution >= 0.6 is 23.2 Å². The smallest absolute Gasteiger partial charge is 0.263 e. The number of nitrogens with zero attached hydrogens (tertiary/aromatic N) is 1. The van der Waals surface area contributed by atoms with Crippen LogP contribution in [-0.4, -0.2) is 18.4 Å². The molecule has 2 heterocycles. The third kappa shape index (κ3) is 3.06. The van der Waals surface area contributed by atoms with Crippen LogP contribution < -0.4 is 10.2 Å². The van der Waals surface area contributed by atoms with Crippen LogP contribution in [0.4, 0.5) is 5.69 Å². The normalized spacial score (nSPS) is 11.3. The summed E-state index contributed by atoms with van der Waals surface area (Å²) >= 11 is 11.3. The molecule has 2 aromatic rings. The van der Waals surface area contributed by atoms with Crippen LogP contribution in [0.1, 0.15) is 0 Å². The number of hydrogen-bond acceptors (Lipinski definition) is 4. The first-order chi connectivity index (χ1) is 8.90. The maximum Gasteiger partial charge on any atom is 0.263 e. The van der Waals surface area contributed by atoms with Gasteiger partial charge in [-0.05, 0) is 6.07 Å². The van der Waals surface area contributed by atoms with Gasteiger partial charge in [0.25, 0.3) is 10.0 Å². The Morgan fingerprint density at radius 1 is 1.21 bits per heavy atom. The largest absolute Gasteiger partial charge is 0.364 e. The van der Waals surface area contributed by atoms with Gasteiger partial charge >= 0.3 is 0 Å². The average Bonchev–Trinajstić information content (AvgIpc) is 2.35. The Morgan fingerprint density at radius 3 is 2.63 bits per heavy atom. The number of pyridine rings is 2. The molecular formula is C10H7Cl2N3O3S. The number of halogens is 2. The second kappa shape index (κ2) is 5.20. The summed E-state index contributed by atoms with van der Waals surface area (Å²) in [6.45, 7) is 0. The van der Waals surface area contributed by atoms with Gasteiger partial charge in [0.2, 0.25) is 5.43 Å². The maximum absolute atomic E-state index is 12.0. The second-order valence-electron chi connectivity index (χ2n) is 3.49. The first kappa shape index (κ1) is 13.9. The minimum absolute atomic E-state index is 0.121. The predicted molar refractivity (Wildman–Crippen MR) is 72.1 cm³/mol. The van der Waals surface area contributed by atoms with Gasteiger partial charge in [0.05, 0.1) is 5.02 Å². The van der Waals surface area contributed by atoms with E-state index in [1.807, 2.05) is 0 Å². The molecule has 100 valence electrons. The molecule has 0 unspecified atom stereocenters. The maximum atomic E-state index is 12.0. The van der Waals surface area contributed by atoms with Crippen molar-refractivity contribution >= 4 is 38.9 Å². The summed E-state index contributed by atoms with van der Waals surface area (Å²) in [7, 11) is -3.95. The summed E-state index contributed by atoms with van der Waals surface area (Å²) in [4.78, 5) is 17.7. The second-order valence-corrected chi connectivity index (χ2v) is 6.02. The molecule has 2 rings (SSSR count). The van der Waals surface area contributed by atoms with Crippen molar-refractivity contribution in [3.05, 3.63) is 51.1 Å². The van der Waals surface area contributed by atoms with E-state index in [-0.39, 0.29) is 20.6 Å². The van der Waals surface area contributed by atoms with E-state index in [9.17, 15) is 13.2 Å². The van der Waals surface area contributed by atoms with Crippen LogP contribution in [0.2, 0.25) is 10.0 Å². The molecule has 2 N–H and O–H groups in total. The first-order valence-corrected chi connectivity index (χ1v) is 7.14. The Hall–Kier alpha value is -1.57. The van der Waals surface area contributed by atoms with E-state index in [4.69, 9.17) is 23.2 Å². The van der Waals surface area contributed by atoms with Crippen molar-refractivity contribution in [3.8, 4) is 0 Å². The lowest BCUT2D eigenvalue weighted by Crippen LogP contribution is -2.19. The minimum Gasteiger partial charge on any atom is -0.364 e. The zero-order valence-corrected chi connectivity index (χ0v) is 11.6. The van der Waals surface area contributed by atoms with E-state index < -0.39 is 15.5 Å². The third-order valence-electron chi connectivity index (χ3n) is 2.13. The molecule has 6 nitrogen and oxygen atoms in total. The fraction of sp³-hybridized carbons (Fsp3) is 0. The minimum atomic E-state index is -3.95. The lowest BCUT2D eigenvalue weighted by molar-refractivity contribution is 0.600. The van der Waals surface area contributed by atoms with Gasteiger partial charge in [-0.2, -0.15) is 0 Å². The van der Waals surface area contributed by atoms with Crippen molar-refractivity contribution in [3.63, 3.8) is 0 Å². The van der Waals surface area contributed by atoms with E-state index in [1.165, 1.54) is 24.7 Å². The molecule has 0 atom stereocenters. The SMILES string of the molecule is O=c1c(Cl)c[nH]cc1NS(=O)(=O)c1cncc(Cl)c1. The van der Waals surface area contributed by atoms with Gasteiger partial charge in [-0.1, -0.05) is 23.2 Å². The molecule has 9 heteroatoms. The lowest BCUT2D eigenvalue weighted by Gasteiger charge is -2.07. The first-order valence-electron chi connectivity index (χ1n) is 4.90. The van der Waals surface area contributed by atoms with Crippen molar-refractivity contribution in [2.24, 2.45) is 0 Å². The number of anilines is 1. The quantitative estimate of drug-likeness (QED) is 0.903. The molecule has 19 heavy (non-hydrogen) atoms. The van der Waals surface area contributed by atoms with Crippen molar-refractivity contribution in [1.82, 2.24) is 9.97 Å². The van der Waals surface area contributed by atoms with Gasteiger partial charge in [-0.3, -0.25) is 14.5 Å². The van der Waals surface area contributed by atoms with Gasteiger partial charge in [0.1, 0.15) is 15.6 Å². The Balaban J connectivity index is 2.42. The Bertz CT molecular complexity index is 774. The summed E-state index contributed by atoms with van der Waals surface area (Å²) in [5.41, 5.74) is -0.813. The van der Waals surface area contributed by atoms with Crippen LogP contribution in [-0.2, 0) is 10.0 Å². The number of H-pyrrole nitrogens is 1. The highest BCUT2D eigenvalue weighted by atomic mass is 35.5. The van der Waals surface area contributed by atoms with E-state index in [1.54, 1.807) is 0 Å². The predicted octanol–water partition coefficient (Wildman–Crippen LogP) is 1.88. The standard InChI is InChI=1S/C10H7Cl2N3O3S/c11-6-1-7(3-13-2-6)19(17,18)15-9-5-14-4-8(12)10(9)16/h1-5,15H,(H,14,16). The molecule has 0 aliphatic carbocycles. The topological polar surface area (TPSA) is 91.9 Å². The average molecular weight is 320 g/mol. The molecule has 0 saturated carbocycles. The molecule has 0 aliphatic rings. The van der Waals surface area contributed by atoms with Crippen LogP contribution in [0.3, 0.4) is 0 Å². The number of sulfonamides is 1. The Kier molecular flexibility index (Phi) is 3.79. The fourth-order valence-electron chi connectivity index (χ4n) is 1.28. The Labute approximate surface area is 118 Å². The van der Waals surface area contributed by atoms with Crippen LogP contribution in [0.15, 0.2) is 40.5 Å². The van der Waals surface area contributed by atoms with Crippen molar-refractivity contribution in [1.29, 1.82) is 0 Å². The van der Waals surface area contributed by atoms with Gasteiger partial charge in [-0.15, -0.1) is 0 Å². The van der Waals surface area contributed by atoms with Crippen molar-refractivity contribution < 1.29 is 8.42 Å². The van der Waals surface area contributed by atoms with Gasteiger partial charge in [0, 0.05) is 24.8 Å². The summed E-state index contributed by atoms with van der Waals surface area (Å²) in [5.74, 6) is 0. The third-order valence-corrected chi connectivity index (χ3v) is 3.95. The molecule has 0 aliphatic heterocycles. The summed E-state index contributed by atoms with van der Waals surface area (Å²) in [6, 6.07) is 1.22. The molecule has 0 fully saturated rings. The van der Waals surface area contributed by atoms with Crippen LogP contribution in [0, 0.1) is 0 Å². The number of aromatic amines is 1. The van der Waals surface area contributed by atoms with E-state index in [0.717, 1.165) is 6.20 Å². The van der Waals surface area contributed by atoms with Crippen molar-refractivity contribution in [2.45, 2.75) is 4.90 Å². The molecule has 0 amide bonds. The molecule has 0 aromatic carbocycles. The molecule has 0 bridgehead atoms. The zero-order valence-electron chi connectivity index (χ0n) is 9.22. The van der Waals surface area contributed by atoms with Gasteiger partial charge in [-0.25, -0.2) is 8.42 Å². The number of aromatic nitrogens is 2. The highest BCUT2D eigenvalue weighted by molar-refractivity contribution is 7.92. The van der Waals surface area contributed by atoms with Crippen LogP contribution in [0.25, 0.3) is 0 Å². The van der Waals surface area contributed by atoms with Crippen LogP contribution in [0.5, 0.6) is 0 Å². The number of nitrogens with one attached hydrogen (secondary N) is 2. The van der Waals surface area contributed by atoms with E-state index >= 15 is 0 Å². The summed E-state index contributed by atoms with van der Waals surface area (Å²) < 4.78 is 26.1.